The Morgan fingerprint density at radius 3 is 2.71 bits per heavy atom. The fourth-order valence-electron chi connectivity index (χ4n) is 2.16. The molecule has 0 fully saturated rings. The van der Waals surface area contributed by atoms with Crippen molar-refractivity contribution in [3.8, 4) is 0 Å². The van der Waals surface area contributed by atoms with Crippen LogP contribution in [0.3, 0.4) is 0 Å². The third-order valence-electron chi connectivity index (χ3n) is 3.13. The van der Waals surface area contributed by atoms with Crippen LogP contribution in [-0.4, -0.2) is 16.5 Å². The molecule has 3 nitrogen and oxygen atoms in total. The van der Waals surface area contributed by atoms with Gasteiger partial charge in [0.25, 0.3) is 0 Å². The monoisotopic (exact) mass is 226 g/mol. The number of para-hydroxylation sites is 2. The number of aromatic nitrogens is 2. The molecule has 0 aliphatic heterocycles. The second kappa shape index (κ2) is 3.86. The van der Waals surface area contributed by atoms with Gasteiger partial charge >= 0.3 is 0 Å². The minimum Gasteiger partial charge on any atom is -0.375 e. The van der Waals surface area contributed by atoms with Crippen LogP contribution in [0.1, 0.15) is 18.7 Å². The Balaban J connectivity index is 2.43. The highest BCUT2D eigenvalue weighted by molar-refractivity contribution is 5.79. The number of benzene rings is 1. The van der Waals surface area contributed by atoms with Crippen molar-refractivity contribution in [3.05, 3.63) is 48.3 Å². The number of fused-ring (bicyclic) bond motifs is 3. The normalized spacial score (nSPS) is 13.3. The summed E-state index contributed by atoms with van der Waals surface area (Å²) in [6, 6.07) is 12.3. The highest BCUT2D eigenvalue weighted by atomic mass is 16.5. The van der Waals surface area contributed by atoms with Crippen LogP contribution in [0, 0.1) is 0 Å². The van der Waals surface area contributed by atoms with Crippen molar-refractivity contribution < 1.29 is 4.74 Å². The Morgan fingerprint density at radius 2 is 1.88 bits per heavy atom. The lowest BCUT2D eigenvalue weighted by Crippen LogP contribution is -2.03. The van der Waals surface area contributed by atoms with Crippen molar-refractivity contribution in [2.24, 2.45) is 0 Å². The maximum absolute atomic E-state index is 5.39. The third-order valence-corrected chi connectivity index (χ3v) is 3.13. The van der Waals surface area contributed by atoms with E-state index in [1.165, 1.54) is 0 Å². The summed E-state index contributed by atoms with van der Waals surface area (Å²) in [5.41, 5.74) is 4.21. The molecule has 0 N–H and O–H groups in total. The Hall–Kier alpha value is -1.87. The lowest BCUT2D eigenvalue weighted by Gasteiger charge is -2.13. The van der Waals surface area contributed by atoms with Gasteiger partial charge in [-0.25, -0.2) is 4.98 Å². The molecule has 0 aliphatic carbocycles. The molecule has 1 unspecified atom stereocenters. The van der Waals surface area contributed by atoms with Gasteiger partial charge in [0, 0.05) is 13.3 Å². The first kappa shape index (κ1) is 10.3. The smallest absolute Gasteiger partial charge is 0.0984 e. The lowest BCUT2D eigenvalue weighted by atomic mass is 10.2. The van der Waals surface area contributed by atoms with Crippen molar-refractivity contribution in [3.63, 3.8) is 0 Å². The Kier molecular flexibility index (Phi) is 2.34. The minimum absolute atomic E-state index is 0.00277. The van der Waals surface area contributed by atoms with E-state index in [4.69, 9.17) is 9.72 Å². The van der Waals surface area contributed by atoms with E-state index in [9.17, 15) is 0 Å². The van der Waals surface area contributed by atoms with Crippen LogP contribution in [0.5, 0.6) is 0 Å². The molecule has 3 heteroatoms. The van der Waals surface area contributed by atoms with E-state index >= 15 is 0 Å². The molecule has 0 saturated carbocycles. The second-order valence-electron chi connectivity index (χ2n) is 4.13. The van der Waals surface area contributed by atoms with Gasteiger partial charge in [-0.3, -0.25) is 0 Å². The second-order valence-corrected chi connectivity index (χ2v) is 4.13. The van der Waals surface area contributed by atoms with E-state index in [1.54, 1.807) is 7.11 Å². The summed E-state index contributed by atoms with van der Waals surface area (Å²) in [4.78, 5) is 4.70. The highest BCUT2D eigenvalue weighted by Gasteiger charge is 2.12. The Labute approximate surface area is 99.7 Å². The summed E-state index contributed by atoms with van der Waals surface area (Å²) in [5, 5.41) is 0. The van der Waals surface area contributed by atoms with Crippen LogP contribution < -0.4 is 0 Å². The van der Waals surface area contributed by atoms with Gasteiger partial charge in [-0.1, -0.05) is 12.1 Å². The molecule has 1 atom stereocenters. The molecule has 0 spiro atoms. The van der Waals surface area contributed by atoms with Gasteiger partial charge in [-0.05, 0) is 31.2 Å². The van der Waals surface area contributed by atoms with Gasteiger partial charge in [-0.2, -0.15) is 0 Å². The Morgan fingerprint density at radius 1 is 1.12 bits per heavy atom. The van der Waals surface area contributed by atoms with Gasteiger partial charge in [-0.15, -0.1) is 0 Å². The summed E-state index contributed by atoms with van der Waals surface area (Å²) >= 11 is 0. The van der Waals surface area contributed by atoms with Gasteiger partial charge in [0.2, 0.25) is 0 Å². The molecule has 0 bridgehead atoms. The number of methoxy groups -OCH3 is 1. The molecule has 2 aromatic heterocycles. The van der Waals surface area contributed by atoms with Crippen molar-refractivity contribution in [2.45, 2.75) is 13.0 Å². The van der Waals surface area contributed by atoms with Crippen molar-refractivity contribution in [1.29, 1.82) is 0 Å². The van der Waals surface area contributed by atoms with Crippen molar-refractivity contribution in [1.82, 2.24) is 9.38 Å². The van der Waals surface area contributed by atoms with Gasteiger partial charge in [0.05, 0.1) is 28.3 Å². The highest BCUT2D eigenvalue weighted by Crippen LogP contribution is 2.24. The van der Waals surface area contributed by atoms with E-state index < -0.39 is 0 Å². The SMILES string of the molecule is COC(C)c1nc2ccccc2n2cccc12. The zero-order valence-electron chi connectivity index (χ0n) is 9.92. The van der Waals surface area contributed by atoms with Gasteiger partial charge in [0.1, 0.15) is 0 Å². The predicted octanol–water partition coefficient (Wildman–Crippen LogP) is 3.19. The molecule has 2 heterocycles. The van der Waals surface area contributed by atoms with Gasteiger partial charge < -0.3 is 9.14 Å². The molecule has 0 saturated heterocycles. The first-order valence-electron chi connectivity index (χ1n) is 5.70. The van der Waals surface area contributed by atoms with E-state index in [2.05, 4.69) is 22.7 Å². The molecular weight excluding hydrogens is 212 g/mol. The molecule has 0 radical (unpaired) electrons. The predicted molar refractivity (Wildman–Crippen MR) is 68.1 cm³/mol. The van der Waals surface area contributed by atoms with Crippen LogP contribution in [0.4, 0.5) is 0 Å². The zero-order chi connectivity index (χ0) is 11.8. The molecule has 3 rings (SSSR count). The molecule has 1 aromatic carbocycles. The van der Waals surface area contributed by atoms with Gasteiger partial charge in [0.15, 0.2) is 0 Å². The number of rotatable bonds is 2. The zero-order valence-corrected chi connectivity index (χ0v) is 9.92. The molecule has 0 amide bonds. The summed E-state index contributed by atoms with van der Waals surface area (Å²) in [6.45, 7) is 2.02. The maximum atomic E-state index is 5.39. The molecule has 0 aliphatic rings. The average molecular weight is 226 g/mol. The van der Waals surface area contributed by atoms with Crippen molar-refractivity contribution >= 4 is 16.6 Å². The largest absolute Gasteiger partial charge is 0.375 e. The third kappa shape index (κ3) is 1.51. The fourth-order valence-corrected chi connectivity index (χ4v) is 2.16. The standard InChI is InChI=1S/C14H14N2O/c1-10(17-2)14-13-8-5-9-16(13)12-7-4-3-6-11(12)15-14/h3-10H,1-2H3. The number of hydrogen-bond acceptors (Lipinski definition) is 2. The first-order valence-corrected chi connectivity index (χ1v) is 5.70. The molecule has 17 heavy (non-hydrogen) atoms. The van der Waals surface area contributed by atoms with E-state index in [1.807, 2.05) is 31.2 Å². The molecule has 86 valence electrons. The van der Waals surface area contributed by atoms with Crippen LogP contribution in [0.25, 0.3) is 16.6 Å². The van der Waals surface area contributed by atoms with Crippen molar-refractivity contribution in [2.75, 3.05) is 7.11 Å². The fraction of sp³-hybridized carbons (Fsp3) is 0.214. The van der Waals surface area contributed by atoms with E-state index in [0.717, 1.165) is 22.2 Å². The Bertz CT molecular complexity index is 672. The number of ether oxygens (including phenoxy) is 1. The first-order chi connectivity index (χ1) is 8.31. The lowest BCUT2D eigenvalue weighted by molar-refractivity contribution is 0.117. The van der Waals surface area contributed by atoms with Crippen LogP contribution in [0.15, 0.2) is 42.6 Å². The number of nitrogens with zero attached hydrogens (tertiary/aromatic N) is 2. The van der Waals surface area contributed by atoms with Crippen LogP contribution >= 0.6 is 0 Å². The average Bonchev–Trinajstić information content (AvgIpc) is 2.86. The number of hydrogen-bond donors (Lipinski definition) is 0. The summed E-state index contributed by atoms with van der Waals surface area (Å²) in [5.74, 6) is 0. The minimum atomic E-state index is -0.00277. The van der Waals surface area contributed by atoms with E-state index in [-0.39, 0.29) is 6.10 Å². The molecular formula is C14H14N2O. The van der Waals surface area contributed by atoms with Crippen LogP contribution in [-0.2, 0) is 4.74 Å². The summed E-state index contributed by atoms with van der Waals surface area (Å²) < 4.78 is 7.55. The topological polar surface area (TPSA) is 26.5 Å². The van der Waals surface area contributed by atoms with Crippen LogP contribution in [0.2, 0.25) is 0 Å². The molecule has 3 aromatic rings. The van der Waals surface area contributed by atoms with E-state index in [0.29, 0.717) is 0 Å². The summed E-state index contributed by atoms with van der Waals surface area (Å²) in [7, 11) is 1.71. The quantitative estimate of drug-likeness (QED) is 0.670. The summed E-state index contributed by atoms with van der Waals surface area (Å²) in [6.07, 6.45) is 2.06. The maximum Gasteiger partial charge on any atom is 0.0984 e.